The first-order chi connectivity index (χ1) is 10.3. The van der Waals surface area contributed by atoms with Gasteiger partial charge in [-0.2, -0.15) is 0 Å². The third-order valence-corrected chi connectivity index (χ3v) is 6.29. The Kier molecular flexibility index (Phi) is 3.67. The number of piperidine rings is 1. The van der Waals surface area contributed by atoms with Crippen molar-refractivity contribution in [3.63, 3.8) is 0 Å². The molecule has 0 radical (unpaired) electrons. The number of carbonyl (C=O) groups excluding carboxylic acids is 1. The van der Waals surface area contributed by atoms with Gasteiger partial charge in [0, 0.05) is 18.1 Å². The van der Waals surface area contributed by atoms with Crippen LogP contribution in [0.15, 0.2) is 24.3 Å². The highest BCUT2D eigenvalue weighted by Gasteiger charge is 2.35. The number of nitrogens with one attached hydrogen (secondary N) is 2. The normalized spacial score (nSPS) is 34.3. The van der Waals surface area contributed by atoms with Crippen LogP contribution >= 0.6 is 11.8 Å². The van der Waals surface area contributed by atoms with E-state index in [0.717, 1.165) is 25.0 Å². The standard InChI is InChI=1S/C17H22N2OS/c20-17(19-14-9-12-5-6-13(10-14)18-12)16-15-4-2-1-3-11(15)7-8-21-16/h1-4,12-14,16,18H,5-10H2,(H,19,20). The van der Waals surface area contributed by atoms with Gasteiger partial charge in [0.25, 0.3) is 0 Å². The van der Waals surface area contributed by atoms with E-state index in [1.165, 1.54) is 24.0 Å². The Morgan fingerprint density at radius 3 is 2.76 bits per heavy atom. The Bertz CT molecular complexity index is 535. The zero-order valence-electron chi connectivity index (χ0n) is 12.2. The van der Waals surface area contributed by atoms with Crippen molar-refractivity contribution in [2.75, 3.05) is 5.75 Å². The average Bonchev–Trinajstić information content (AvgIpc) is 2.85. The van der Waals surface area contributed by atoms with E-state index in [2.05, 4.69) is 34.9 Å². The third kappa shape index (κ3) is 2.71. The number of benzene rings is 1. The number of hydrogen-bond acceptors (Lipinski definition) is 3. The summed E-state index contributed by atoms with van der Waals surface area (Å²) in [6, 6.07) is 10.0. The number of rotatable bonds is 2. The Labute approximate surface area is 130 Å². The number of carbonyl (C=O) groups is 1. The summed E-state index contributed by atoms with van der Waals surface area (Å²) in [5.41, 5.74) is 2.57. The minimum atomic E-state index is -0.0116. The fourth-order valence-corrected chi connectivity index (χ4v) is 5.27. The van der Waals surface area contributed by atoms with Gasteiger partial charge in [0.1, 0.15) is 5.25 Å². The molecule has 3 aliphatic rings. The molecule has 1 aromatic rings. The van der Waals surface area contributed by atoms with Gasteiger partial charge in [-0.05, 0) is 49.0 Å². The number of aryl methyl sites for hydroxylation is 1. The Hall–Kier alpha value is -1.00. The average molecular weight is 302 g/mol. The van der Waals surface area contributed by atoms with E-state index in [0.29, 0.717) is 18.1 Å². The van der Waals surface area contributed by atoms with Crippen LogP contribution in [-0.2, 0) is 11.2 Å². The summed E-state index contributed by atoms with van der Waals surface area (Å²) in [6.07, 6.45) is 5.83. The number of fused-ring (bicyclic) bond motifs is 3. The summed E-state index contributed by atoms with van der Waals surface area (Å²) in [6.45, 7) is 0. The van der Waals surface area contributed by atoms with Crippen molar-refractivity contribution in [2.24, 2.45) is 0 Å². The Morgan fingerprint density at radius 2 is 1.95 bits per heavy atom. The van der Waals surface area contributed by atoms with E-state index < -0.39 is 0 Å². The highest BCUT2D eigenvalue weighted by atomic mass is 32.2. The van der Waals surface area contributed by atoms with E-state index in [-0.39, 0.29) is 11.2 Å². The molecule has 2 N–H and O–H groups in total. The molecule has 3 unspecified atom stereocenters. The van der Waals surface area contributed by atoms with E-state index in [1.807, 2.05) is 0 Å². The Balaban J connectivity index is 1.46. The summed E-state index contributed by atoms with van der Waals surface area (Å²) in [5.74, 6) is 1.27. The SMILES string of the molecule is O=C(NC1CC2CCC(C1)N2)C1SCCc2ccccc21. The first-order valence-corrected chi connectivity index (χ1v) is 9.10. The molecule has 4 rings (SSSR count). The molecule has 0 aliphatic carbocycles. The molecule has 3 nitrogen and oxygen atoms in total. The van der Waals surface area contributed by atoms with E-state index in [1.54, 1.807) is 11.8 Å². The number of thioether (sulfide) groups is 1. The van der Waals surface area contributed by atoms with Crippen LogP contribution in [0.1, 0.15) is 42.1 Å². The van der Waals surface area contributed by atoms with Crippen molar-refractivity contribution in [1.29, 1.82) is 0 Å². The van der Waals surface area contributed by atoms with Crippen LogP contribution in [0.3, 0.4) is 0 Å². The summed E-state index contributed by atoms with van der Waals surface area (Å²) < 4.78 is 0. The van der Waals surface area contributed by atoms with Gasteiger partial charge < -0.3 is 10.6 Å². The molecule has 112 valence electrons. The smallest absolute Gasteiger partial charge is 0.237 e. The zero-order valence-corrected chi connectivity index (χ0v) is 13.0. The number of hydrogen-bond donors (Lipinski definition) is 2. The topological polar surface area (TPSA) is 41.1 Å². The zero-order chi connectivity index (χ0) is 14.2. The van der Waals surface area contributed by atoms with Crippen LogP contribution < -0.4 is 10.6 Å². The molecule has 1 aromatic carbocycles. The molecule has 1 amide bonds. The highest BCUT2D eigenvalue weighted by Crippen LogP contribution is 2.37. The van der Waals surface area contributed by atoms with Gasteiger partial charge in [0.05, 0.1) is 0 Å². The molecular formula is C17H22N2OS. The van der Waals surface area contributed by atoms with Crippen molar-refractivity contribution < 1.29 is 4.79 Å². The number of amides is 1. The molecule has 3 atom stereocenters. The second kappa shape index (κ2) is 5.65. The van der Waals surface area contributed by atoms with Gasteiger partial charge in [0.15, 0.2) is 0 Å². The third-order valence-electron chi connectivity index (χ3n) is 5.05. The summed E-state index contributed by atoms with van der Waals surface area (Å²) >= 11 is 1.79. The first kappa shape index (κ1) is 13.6. The van der Waals surface area contributed by atoms with Gasteiger partial charge in [-0.15, -0.1) is 11.8 Å². The molecule has 4 heteroatoms. The summed E-state index contributed by atoms with van der Waals surface area (Å²) in [4.78, 5) is 12.7. The first-order valence-electron chi connectivity index (χ1n) is 8.05. The summed E-state index contributed by atoms with van der Waals surface area (Å²) in [5, 5.41) is 6.95. The molecule has 0 saturated carbocycles. The molecule has 3 heterocycles. The largest absolute Gasteiger partial charge is 0.352 e. The molecule has 2 fully saturated rings. The van der Waals surface area contributed by atoms with Crippen molar-refractivity contribution in [3.8, 4) is 0 Å². The monoisotopic (exact) mass is 302 g/mol. The van der Waals surface area contributed by atoms with E-state index in [9.17, 15) is 4.79 Å². The fraction of sp³-hybridized carbons (Fsp3) is 0.588. The maximum absolute atomic E-state index is 12.7. The second-order valence-corrected chi connectivity index (χ2v) is 7.73. The van der Waals surface area contributed by atoms with E-state index in [4.69, 9.17) is 0 Å². The van der Waals surface area contributed by atoms with E-state index >= 15 is 0 Å². The minimum Gasteiger partial charge on any atom is -0.352 e. The lowest BCUT2D eigenvalue weighted by atomic mass is 9.98. The molecule has 21 heavy (non-hydrogen) atoms. The van der Waals surface area contributed by atoms with Gasteiger partial charge in [0.2, 0.25) is 5.91 Å². The quantitative estimate of drug-likeness (QED) is 0.881. The van der Waals surface area contributed by atoms with Gasteiger partial charge in [-0.3, -0.25) is 4.79 Å². The van der Waals surface area contributed by atoms with Crippen molar-refractivity contribution in [2.45, 2.75) is 55.5 Å². The van der Waals surface area contributed by atoms with Gasteiger partial charge >= 0.3 is 0 Å². The lowest BCUT2D eigenvalue weighted by Gasteiger charge is -2.32. The molecule has 0 aromatic heterocycles. The van der Waals surface area contributed by atoms with Crippen LogP contribution in [0.4, 0.5) is 0 Å². The molecule has 3 aliphatic heterocycles. The highest BCUT2D eigenvalue weighted by molar-refractivity contribution is 8.00. The van der Waals surface area contributed by atoms with Crippen LogP contribution in [0, 0.1) is 0 Å². The molecule has 0 spiro atoms. The Morgan fingerprint density at radius 1 is 1.19 bits per heavy atom. The van der Waals surface area contributed by atoms with Crippen molar-refractivity contribution in [3.05, 3.63) is 35.4 Å². The van der Waals surface area contributed by atoms with Gasteiger partial charge in [-0.1, -0.05) is 24.3 Å². The second-order valence-electron chi connectivity index (χ2n) is 6.51. The van der Waals surface area contributed by atoms with Crippen molar-refractivity contribution in [1.82, 2.24) is 10.6 Å². The lowest BCUT2D eigenvalue weighted by molar-refractivity contribution is -0.121. The molecule has 2 bridgehead atoms. The van der Waals surface area contributed by atoms with Crippen LogP contribution in [0.2, 0.25) is 0 Å². The lowest BCUT2D eigenvalue weighted by Crippen LogP contribution is -2.49. The summed E-state index contributed by atoms with van der Waals surface area (Å²) in [7, 11) is 0. The maximum Gasteiger partial charge on any atom is 0.237 e. The predicted molar refractivity (Wildman–Crippen MR) is 86.5 cm³/mol. The minimum absolute atomic E-state index is 0.0116. The predicted octanol–water partition coefficient (Wildman–Crippen LogP) is 2.42. The molecule has 2 saturated heterocycles. The van der Waals surface area contributed by atoms with Crippen LogP contribution in [0.25, 0.3) is 0 Å². The molecular weight excluding hydrogens is 280 g/mol. The van der Waals surface area contributed by atoms with Crippen LogP contribution in [0.5, 0.6) is 0 Å². The van der Waals surface area contributed by atoms with Gasteiger partial charge in [-0.25, -0.2) is 0 Å². The van der Waals surface area contributed by atoms with Crippen molar-refractivity contribution >= 4 is 17.7 Å². The fourth-order valence-electron chi connectivity index (χ4n) is 4.06. The van der Waals surface area contributed by atoms with Crippen LogP contribution in [-0.4, -0.2) is 29.8 Å². The maximum atomic E-state index is 12.7.